The van der Waals surface area contributed by atoms with Gasteiger partial charge in [-0.1, -0.05) is 0 Å². The van der Waals surface area contributed by atoms with Crippen LogP contribution in [0.5, 0.6) is 0 Å². The number of carbonyl (C=O) groups is 4. The van der Waals surface area contributed by atoms with Crippen LogP contribution >= 0.6 is 0 Å². The van der Waals surface area contributed by atoms with Gasteiger partial charge in [-0.25, -0.2) is 9.59 Å². The fraction of sp³-hybridized carbons (Fsp3) is 0.481. The Morgan fingerprint density at radius 3 is 1.91 bits per heavy atom. The molecule has 2 aliphatic heterocycles. The molecule has 242 valence electrons. The Labute approximate surface area is 251 Å². The Bertz CT molecular complexity index is 1300. The smallest absolute Gasteiger partial charge is 0.475 e. The quantitative estimate of drug-likeness (QED) is 0.379. The zero-order valence-corrected chi connectivity index (χ0v) is 24.7. The van der Waals surface area contributed by atoms with E-state index in [0.29, 0.717) is 31.0 Å². The van der Waals surface area contributed by atoms with Gasteiger partial charge >= 0.3 is 18.2 Å². The van der Waals surface area contributed by atoms with Crippen molar-refractivity contribution < 1.29 is 51.9 Å². The maximum Gasteiger partial charge on any atom is 0.490 e. The molecule has 17 heteroatoms. The normalized spacial score (nSPS) is 17.8. The molecule has 3 amide bonds. The molecule has 4 rings (SSSR count). The van der Waals surface area contributed by atoms with E-state index < -0.39 is 23.8 Å². The van der Waals surface area contributed by atoms with Crippen LogP contribution in [0.4, 0.5) is 29.3 Å². The number of hydrogen-bond acceptors (Lipinski definition) is 10. The summed E-state index contributed by atoms with van der Waals surface area (Å²) in [5, 5.41) is 13.7. The maximum absolute atomic E-state index is 12.2. The van der Waals surface area contributed by atoms with Crippen molar-refractivity contribution >= 4 is 35.3 Å². The molecule has 0 saturated carbocycles. The second-order valence-corrected chi connectivity index (χ2v) is 10.4. The molecule has 0 aliphatic carbocycles. The molecule has 2 aromatic rings. The molecule has 0 bridgehead atoms. The van der Waals surface area contributed by atoms with Crippen molar-refractivity contribution in [1.82, 2.24) is 20.5 Å². The number of carboxylic acid groups (broad SMARTS) is 1. The Balaban J connectivity index is 0.000000264. The largest absolute Gasteiger partial charge is 0.490 e. The molecule has 44 heavy (non-hydrogen) atoms. The topological polar surface area (TPSA) is 181 Å². The molecular weight excluding hydrogens is 593 g/mol. The number of hydroxylamine groups is 3. The summed E-state index contributed by atoms with van der Waals surface area (Å²) in [5.74, 6) is -3.03. The predicted octanol–water partition coefficient (Wildman–Crippen LogP) is 4.29. The number of ether oxygens (including phenoxy) is 1. The maximum atomic E-state index is 12.2. The Hall–Kier alpha value is -4.35. The van der Waals surface area contributed by atoms with Gasteiger partial charge in [-0.15, -0.1) is 0 Å². The summed E-state index contributed by atoms with van der Waals surface area (Å²) in [5.41, 5.74) is 5.42. The summed E-state index contributed by atoms with van der Waals surface area (Å²) in [6, 6.07) is 3.58. The van der Waals surface area contributed by atoms with Crippen molar-refractivity contribution in [2.75, 3.05) is 23.8 Å². The van der Waals surface area contributed by atoms with E-state index >= 15 is 0 Å². The van der Waals surface area contributed by atoms with Gasteiger partial charge in [0.1, 0.15) is 5.60 Å². The molecule has 2 atom stereocenters. The zero-order valence-electron chi connectivity index (χ0n) is 24.7. The lowest BCUT2D eigenvalue weighted by Gasteiger charge is -2.27. The standard InChI is InChI=1S/C15H21N3O4.C10H13N3O2.C2HF3O2/c1-10(19)17-12-7-11(8-16-9-12)13-5-6-21-18(13)14(20)22-15(2,3)4;1-7(14)12-9-4-8(5-11-6-9)10-2-3-15-13-10;3-2(4,5)1(6)7/h7-9,13H,5-6H2,1-4H3,(H,17,19);4-6,10,13H,2-3H2,1H3,(H,12,14);(H,6,7)/t13-;10-;/m00./s1. The molecule has 0 radical (unpaired) electrons. The van der Waals surface area contributed by atoms with E-state index in [4.69, 9.17) is 24.3 Å². The van der Waals surface area contributed by atoms with E-state index in [9.17, 15) is 27.6 Å². The van der Waals surface area contributed by atoms with Gasteiger partial charge in [0, 0.05) is 32.7 Å². The van der Waals surface area contributed by atoms with Crippen molar-refractivity contribution in [1.29, 1.82) is 0 Å². The first-order chi connectivity index (χ1) is 20.5. The first kappa shape index (κ1) is 35.8. The Kier molecular flexibility index (Phi) is 13.0. The third kappa shape index (κ3) is 12.5. The summed E-state index contributed by atoms with van der Waals surface area (Å²) in [7, 11) is 0. The van der Waals surface area contributed by atoms with E-state index in [0.717, 1.165) is 17.5 Å². The van der Waals surface area contributed by atoms with Gasteiger partial charge in [-0.05, 0) is 50.5 Å². The van der Waals surface area contributed by atoms with E-state index in [-0.39, 0.29) is 23.9 Å². The number of halogens is 3. The lowest BCUT2D eigenvalue weighted by atomic mass is 10.1. The zero-order chi connectivity index (χ0) is 33.1. The molecule has 4 heterocycles. The number of nitrogens with zero attached hydrogens (tertiary/aromatic N) is 3. The molecular formula is C27H35F3N6O8. The highest BCUT2D eigenvalue weighted by Crippen LogP contribution is 2.32. The fourth-order valence-corrected chi connectivity index (χ4v) is 3.72. The van der Waals surface area contributed by atoms with Gasteiger partial charge < -0.3 is 25.3 Å². The average molecular weight is 629 g/mol. The monoisotopic (exact) mass is 628 g/mol. The second kappa shape index (κ2) is 15.9. The number of pyridine rings is 2. The Morgan fingerprint density at radius 2 is 1.45 bits per heavy atom. The number of nitrogens with one attached hydrogen (secondary N) is 3. The van der Waals surface area contributed by atoms with Crippen LogP contribution in [0, 0.1) is 0 Å². The van der Waals surface area contributed by atoms with Crippen LogP contribution in [-0.4, -0.2) is 69.0 Å². The first-order valence-electron chi connectivity index (χ1n) is 13.2. The summed E-state index contributed by atoms with van der Waals surface area (Å²) < 4.78 is 37.1. The number of amides is 3. The molecule has 2 aromatic heterocycles. The van der Waals surface area contributed by atoms with Crippen LogP contribution in [0.3, 0.4) is 0 Å². The van der Waals surface area contributed by atoms with Crippen molar-refractivity contribution in [2.24, 2.45) is 0 Å². The minimum absolute atomic E-state index is 0.0930. The van der Waals surface area contributed by atoms with Crippen molar-refractivity contribution in [3.8, 4) is 0 Å². The highest BCUT2D eigenvalue weighted by Gasteiger charge is 2.38. The third-order valence-corrected chi connectivity index (χ3v) is 5.40. The summed E-state index contributed by atoms with van der Waals surface area (Å²) in [6.07, 6.45) is 2.56. The summed E-state index contributed by atoms with van der Waals surface area (Å²) in [4.78, 5) is 61.7. The molecule has 4 N–H and O–H groups in total. The molecule has 0 aromatic carbocycles. The number of aliphatic carboxylic acids is 1. The summed E-state index contributed by atoms with van der Waals surface area (Å²) in [6.45, 7) is 9.43. The first-order valence-corrected chi connectivity index (χ1v) is 13.2. The van der Waals surface area contributed by atoms with Crippen LogP contribution in [0.2, 0.25) is 0 Å². The van der Waals surface area contributed by atoms with E-state index in [1.54, 1.807) is 51.6 Å². The van der Waals surface area contributed by atoms with Gasteiger partial charge in [-0.3, -0.25) is 24.4 Å². The molecule has 2 aliphatic rings. The SMILES string of the molecule is CC(=O)Nc1cncc([C@@H]2CCON2)c1.CC(=O)Nc1cncc([C@@H]2CCON2C(=O)OC(C)(C)C)c1.O=C(O)C(F)(F)F. The number of rotatable bonds is 4. The minimum Gasteiger partial charge on any atom is -0.475 e. The van der Waals surface area contributed by atoms with Crippen LogP contribution < -0.4 is 16.1 Å². The number of aromatic nitrogens is 2. The van der Waals surface area contributed by atoms with Crippen molar-refractivity contribution in [3.63, 3.8) is 0 Å². The second-order valence-electron chi connectivity index (χ2n) is 10.4. The fourth-order valence-electron chi connectivity index (χ4n) is 3.72. The van der Waals surface area contributed by atoms with Gasteiger partial charge in [0.05, 0.1) is 49.1 Å². The number of anilines is 2. The van der Waals surface area contributed by atoms with Gasteiger partial charge in [-0.2, -0.15) is 23.7 Å². The Morgan fingerprint density at radius 1 is 0.932 bits per heavy atom. The van der Waals surface area contributed by atoms with E-state index in [2.05, 4.69) is 26.1 Å². The molecule has 0 unspecified atom stereocenters. The van der Waals surface area contributed by atoms with Gasteiger partial charge in [0.2, 0.25) is 11.8 Å². The lowest BCUT2D eigenvalue weighted by Crippen LogP contribution is -2.35. The lowest BCUT2D eigenvalue weighted by molar-refractivity contribution is -0.192. The van der Waals surface area contributed by atoms with E-state index in [1.165, 1.54) is 18.9 Å². The number of alkyl halides is 3. The van der Waals surface area contributed by atoms with Crippen LogP contribution in [0.25, 0.3) is 0 Å². The predicted molar refractivity (Wildman–Crippen MR) is 149 cm³/mol. The average Bonchev–Trinajstić information content (AvgIpc) is 3.61. The van der Waals surface area contributed by atoms with Gasteiger partial charge in [0.15, 0.2) is 0 Å². The molecule has 14 nitrogen and oxygen atoms in total. The van der Waals surface area contributed by atoms with Crippen LogP contribution in [0.1, 0.15) is 70.7 Å². The van der Waals surface area contributed by atoms with Crippen molar-refractivity contribution in [3.05, 3.63) is 48.0 Å². The number of hydrogen-bond donors (Lipinski definition) is 4. The van der Waals surface area contributed by atoms with Crippen LogP contribution in [-0.2, 0) is 28.8 Å². The van der Waals surface area contributed by atoms with Crippen LogP contribution in [0.15, 0.2) is 36.9 Å². The molecule has 2 fully saturated rings. The summed E-state index contributed by atoms with van der Waals surface area (Å²) >= 11 is 0. The van der Waals surface area contributed by atoms with Gasteiger partial charge in [0.25, 0.3) is 0 Å². The molecule has 2 saturated heterocycles. The number of carboxylic acids is 1. The molecule has 0 spiro atoms. The minimum atomic E-state index is -5.08. The third-order valence-electron chi connectivity index (χ3n) is 5.40. The number of carbonyl (C=O) groups excluding carboxylic acids is 3. The van der Waals surface area contributed by atoms with Crippen molar-refractivity contribution in [2.45, 2.75) is 71.3 Å². The highest BCUT2D eigenvalue weighted by molar-refractivity contribution is 5.89. The highest BCUT2D eigenvalue weighted by atomic mass is 19.4. The van der Waals surface area contributed by atoms with E-state index in [1.807, 2.05) is 6.07 Å².